The van der Waals surface area contributed by atoms with Crippen molar-refractivity contribution in [1.82, 2.24) is 0 Å². The minimum absolute atomic E-state index is 0.0833. The molecule has 2 amide bonds. The fourth-order valence-corrected chi connectivity index (χ4v) is 4.33. The average molecular weight is 412 g/mol. The molecule has 158 valence electrons. The Bertz CT molecular complexity index is 987. The Kier molecular flexibility index (Phi) is 5.47. The van der Waals surface area contributed by atoms with Crippen LogP contribution < -0.4 is 14.5 Å². The third kappa shape index (κ3) is 3.54. The molecule has 2 heterocycles. The van der Waals surface area contributed by atoms with E-state index in [1.54, 1.807) is 15.9 Å². The zero-order valence-corrected chi connectivity index (χ0v) is 17.4. The van der Waals surface area contributed by atoms with E-state index < -0.39 is 6.10 Å². The van der Waals surface area contributed by atoms with Crippen LogP contribution in [0.15, 0.2) is 36.4 Å². The zero-order valence-electron chi connectivity index (χ0n) is 17.4. The molecule has 0 spiro atoms. The highest BCUT2D eigenvalue weighted by Gasteiger charge is 2.37. The van der Waals surface area contributed by atoms with Crippen molar-refractivity contribution in [3.63, 3.8) is 0 Å². The molecule has 1 unspecified atom stereocenters. The first-order chi connectivity index (χ1) is 14.4. The Hall–Kier alpha value is -2.93. The smallest absolute Gasteiger partial charge is 0.256 e. The first-order valence-electron chi connectivity index (χ1n) is 10.1. The van der Waals surface area contributed by atoms with Crippen molar-refractivity contribution in [2.24, 2.45) is 0 Å². The maximum Gasteiger partial charge on any atom is 0.256 e. The molecule has 6 nitrogen and oxygen atoms in total. The number of ether oxygens (including phenoxy) is 2. The number of fused-ring (bicyclic) bond motifs is 1. The topological polar surface area (TPSA) is 59.1 Å². The Morgan fingerprint density at radius 2 is 1.97 bits per heavy atom. The monoisotopic (exact) mass is 412 g/mol. The summed E-state index contributed by atoms with van der Waals surface area (Å²) >= 11 is 0. The number of nitrogens with zero attached hydrogens (tertiary/aromatic N) is 2. The number of anilines is 2. The number of halogens is 1. The fourth-order valence-electron chi connectivity index (χ4n) is 4.33. The van der Waals surface area contributed by atoms with Gasteiger partial charge in [-0.3, -0.25) is 9.59 Å². The van der Waals surface area contributed by atoms with Crippen LogP contribution in [0.5, 0.6) is 5.75 Å². The highest BCUT2D eigenvalue weighted by atomic mass is 19.1. The number of methoxy groups -OCH3 is 1. The second-order valence-electron chi connectivity index (χ2n) is 7.74. The van der Waals surface area contributed by atoms with Gasteiger partial charge in [0.25, 0.3) is 5.91 Å². The molecule has 2 aromatic carbocycles. The molecule has 0 saturated carbocycles. The molecule has 30 heavy (non-hydrogen) atoms. The lowest BCUT2D eigenvalue weighted by Crippen LogP contribution is -2.53. The molecular formula is C23H25FN2O4. The lowest BCUT2D eigenvalue weighted by Gasteiger charge is -2.41. The number of benzene rings is 2. The van der Waals surface area contributed by atoms with Gasteiger partial charge in [0.2, 0.25) is 5.91 Å². The second-order valence-corrected chi connectivity index (χ2v) is 7.74. The van der Waals surface area contributed by atoms with Crippen LogP contribution in [-0.4, -0.2) is 44.2 Å². The van der Waals surface area contributed by atoms with Crippen molar-refractivity contribution < 1.29 is 23.5 Å². The van der Waals surface area contributed by atoms with Crippen molar-refractivity contribution in [1.29, 1.82) is 0 Å². The van der Waals surface area contributed by atoms with E-state index in [1.165, 1.54) is 26.2 Å². The molecule has 7 heteroatoms. The number of rotatable bonds is 3. The fraction of sp³-hybridized carbons (Fsp3) is 0.391. The van der Waals surface area contributed by atoms with Gasteiger partial charge in [-0.05, 0) is 49.6 Å². The first-order valence-corrected chi connectivity index (χ1v) is 10.1. The van der Waals surface area contributed by atoms with E-state index in [0.717, 1.165) is 12.0 Å². The van der Waals surface area contributed by atoms with Gasteiger partial charge in [0.05, 0.1) is 24.5 Å². The minimum Gasteiger partial charge on any atom is -0.496 e. The van der Waals surface area contributed by atoms with Gasteiger partial charge in [-0.1, -0.05) is 6.07 Å². The summed E-state index contributed by atoms with van der Waals surface area (Å²) in [6.45, 7) is 4.42. The molecule has 0 bridgehead atoms. The van der Waals surface area contributed by atoms with Crippen LogP contribution in [0.3, 0.4) is 0 Å². The summed E-state index contributed by atoms with van der Waals surface area (Å²) in [7, 11) is 1.49. The third-order valence-electron chi connectivity index (χ3n) is 5.70. The summed E-state index contributed by atoms with van der Waals surface area (Å²) in [5, 5.41) is 0. The highest BCUT2D eigenvalue weighted by Crippen LogP contribution is 2.41. The van der Waals surface area contributed by atoms with Gasteiger partial charge >= 0.3 is 0 Å². The first kappa shape index (κ1) is 20.3. The summed E-state index contributed by atoms with van der Waals surface area (Å²) in [6, 6.07) is 9.74. The maximum atomic E-state index is 13.7. The molecular weight excluding hydrogens is 387 g/mol. The molecule has 1 saturated heterocycles. The lowest BCUT2D eigenvalue weighted by atomic mass is 9.99. The van der Waals surface area contributed by atoms with Crippen LogP contribution in [0.2, 0.25) is 0 Å². The van der Waals surface area contributed by atoms with Crippen LogP contribution in [0.25, 0.3) is 11.1 Å². The molecule has 1 fully saturated rings. The van der Waals surface area contributed by atoms with E-state index in [0.29, 0.717) is 42.3 Å². The van der Waals surface area contributed by atoms with Crippen LogP contribution >= 0.6 is 0 Å². The van der Waals surface area contributed by atoms with Gasteiger partial charge in [-0.25, -0.2) is 4.39 Å². The molecule has 2 aliphatic rings. The van der Waals surface area contributed by atoms with Crippen molar-refractivity contribution in [2.75, 3.05) is 30.1 Å². The summed E-state index contributed by atoms with van der Waals surface area (Å²) in [5.41, 5.74) is 2.80. The van der Waals surface area contributed by atoms with E-state index >= 15 is 0 Å². The number of amides is 2. The van der Waals surface area contributed by atoms with E-state index in [9.17, 15) is 14.0 Å². The highest BCUT2D eigenvalue weighted by molar-refractivity contribution is 6.06. The predicted molar refractivity (Wildman–Crippen MR) is 112 cm³/mol. The molecule has 0 N–H and O–H groups in total. The van der Waals surface area contributed by atoms with Crippen LogP contribution in [0.1, 0.15) is 26.7 Å². The van der Waals surface area contributed by atoms with Crippen molar-refractivity contribution in [2.45, 2.75) is 38.8 Å². The van der Waals surface area contributed by atoms with Crippen LogP contribution in [-0.2, 0) is 14.3 Å². The van der Waals surface area contributed by atoms with Gasteiger partial charge < -0.3 is 19.3 Å². The van der Waals surface area contributed by atoms with E-state index in [2.05, 4.69) is 0 Å². The largest absolute Gasteiger partial charge is 0.496 e. The number of carbonyl (C=O) groups excluding carboxylic acids is 2. The molecule has 2 aromatic rings. The number of hydrogen-bond acceptors (Lipinski definition) is 4. The van der Waals surface area contributed by atoms with E-state index in [4.69, 9.17) is 9.47 Å². The van der Waals surface area contributed by atoms with Crippen LogP contribution in [0.4, 0.5) is 15.8 Å². The van der Waals surface area contributed by atoms with Gasteiger partial charge in [-0.2, -0.15) is 0 Å². The normalized spacial score (nSPS) is 20.8. The minimum atomic E-state index is -0.460. The van der Waals surface area contributed by atoms with Gasteiger partial charge in [0.1, 0.15) is 17.7 Å². The molecule has 0 aliphatic carbocycles. The maximum absolute atomic E-state index is 13.7. The Labute approximate surface area is 175 Å². The summed E-state index contributed by atoms with van der Waals surface area (Å²) in [6.07, 6.45) is 1.10. The Balaban J connectivity index is 1.83. The summed E-state index contributed by atoms with van der Waals surface area (Å²) < 4.78 is 24.6. The third-order valence-corrected chi connectivity index (χ3v) is 5.70. The number of hydrogen-bond donors (Lipinski definition) is 0. The SMILES string of the molecule is COc1cc(F)ccc1-c1ccc2c(c1)N(C(=O)C1CCCO1)C[C@H](C)N2C(C)=O. The average Bonchev–Trinajstić information content (AvgIpc) is 3.26. The van der Waals surface area contributed by atoms with Crippen molar-refractivity contribution >= 4 is 23.2 Å². The van der Waals surface area contributed by atoms with Crippen LogP contribution in [0, 0.1) is 5.82 Å². The number of carbonyl (C=O) groups is 2. The molecule has 0 aromatic heterocycles. The summed E-state index contributed by atoms with van der Waals surface area (Å²) in [4.78, 5) is 29.0. The molecule has 2 aliphatic heterocycles. The standard InChI is InChI=1S/C23H25FN2O4/c1-14-13-25(23(28)21-5-4-10-30-21)20-11-16(6-9-19(20)26(14)15(2)27)18-8-7-17(24)12-22(18)29-3/h6-9,11-12,14,21H,4-5,10,13H2,1-3H3/t14-,21?/m0/s1. The Morgan fingerprint density at radius 1 is 1.17 bits per heavy atom. The molecule has 0 radical (unpaired) electrons. The lowest BCUT2D eigenvalue weighted by molar-refractivity contribution is -0.127. The quantitative estimate of drug-likeness (QED) is 0.770. The van der Waals surface area contributed by atoms with Crippen molar-refractivity contribution in [3.05, 3.63) is 42.2 Å². The second kappa shape index (κ2) is 8.07. The van der Waals surface area contributed by atoms with E-state index in [-0.39, 0.29) is 23.7 Å². The van der Waals surface area contributed by atoms with Gasteiger partial charge in [0, 0.05) is 31.7 Å². The summed E-state index contributed by atoms with van der Waals surface area (Å²) in [5.74, 6) is -0.160. The molecule has 4 rings (SSSR count). The predicted octanol–water partition coefficient (Wildman–Crippen LogP) is 3.77. The zero-order chi connectivity index (χ0) is 21.4. The molecule has 2 atom stereocenters. The van der Waals surface area contributed by atoms with Gasteiger partial charge in [-0.15, -0.1) is 0 Å². The Morgan fingerprint density at radius 3 is 2.63 bits per heavy atom. The van der Waals surface area contributed by atoms with Crippen molar-refractivity contribution in [3.8, 4) is 16.9 Å². The van der Waals surface area contributed by atoms with E-state index in [1.807, 2.05) is 25.1 Å². The van der Waals surface area contributed by atoms with Gasteiger partial charge in [0.15, 0.2) is 0 Å².